The number of anilines is 2. The lowest BCUT2D eigenvalue weighted by atomic mass is 9.91. The minimum Gasteiger partial charge on any atom is -0.484 e. The summed E-state index contributed by atoms with van der Waals surface area (Å²) in [6.07, 6.45) is 6.49. The van der Waals surface area contributed by atoms with Crippen molar-refractivity contribution in [2.75, 3.05) is 24.3 Å². The molecule has 4 rings (SSSR count). The van der Waals surface area contributed by atoms with Crippen molar-refractivity contribution in [1.29, 1.82) is 5.41 Å². The molecule has 2 heterocycles. The second-order valence-electron chi connectivity index (χ2n) is 8.60. The van der Waals surface area contributed by atoms with Crippen LogP contribution >= 0.6 is 0 Å². The fraction of sp³-hybridized carbons (Fsp3) is 0.333. The van der Waals surface area contributed by atoms with Crippen LogP contribution < -0.4 is 21.1 Å². The molecule has 10 nitrogen and oxygen atoms in total. The number of nitrogens with one attached hydrogen (secondary N) is 1. The van der Waals surface area contributed by atoms with Crippen LogP contribution in [0.4, 0.5) is 15.9 Å². The predicted molar refractivity (Wildman–Crippen MR) is 144 cm³/mol. The molecule has 11 heteroatoms. The van der Waals surface area contributed by atoms with Gasteiger partial charge in [0.1, 0.15) is 24.0 Å². The first-order chi connectivity index (χ1) is 18.3. The molecule has 0 saturated heterocycles. The van der Waals surface area contributed by atoms with Crippen LogP contribution in [0.2, 0.25) is 0 Å². The number of carbonyl (C=O) groups excluding carboxylic acids is 2. The van der Waals surface area contributed by atoms with Crippen molar-refractivity contribution in [3.63, 3.8) is 0 Å². The summed E-state index contributed by atoms with van der Waals surface area (Å²) < 4.78 is 18.9. The van der Waals surface area contributed by atoms with E-state index in [0.29, 0.717) is 52.7 Å². The molecule has 1 saturated carbocycles. The Kier molecular flexibility index (Phi) is 9.42. The van der Waals surface area contributed by atoms with E-state index in [1.54, 1.807) is 30.1 Å². The normalized spacial score (nSPS) is 12.2. The van der Waals surface area contributed by atoms with Crippen LogP contribution in [-0.2, 0) is 17.8 Å². The van der Waals surface area contributed by atoms with E-state index in [9.17, 15) is 14.0 Å². The molecule has 0 aliphatic heterocycles. The van der Waals surface area contributed by atoms with Crippen molar-refractivity contribution in [1.82, 2.24) is 15.0 Å². The Bertz CT molecular complexity index is 1310. The van der Waals surface area contributed by atoms with E-state index in [-0.39, 0.29) is 30.1 Å². The summed E-state index contributed by atoms with van der Waals surface area (Å²) >= 11 is 0. The van der Waals surface area contributed by atoms with E-state index >= 15 is 0 Å². The van der Waals surface area contributed by atoms with Crippen molar-refractivity contribution in [3.05, 3.63) is 59.1 Å². The van der Waals surface area contributed by atoms with Gasteiger partial charge < -0.3 is 26.5 Å². The first kappa shape index (κ1) is 28.2. The van der Waals surface area contributed by atoms with E-state index < -0.39 is 11.7 Å². The van der Waals surface area contributed by atoms with Crippen molar-refractivity contribution in [2.45, 2.75) is 39.7 Å². The molecular formula is C27H32FN7O3. The summed E-state index contributed by atoms with van der Waals surface area (Å²) in [6, 6.07) is 5.16. The second-order valence-corrected chi connectivity index (χ2v) is 8.60. The van der Waals surface area contributed by atoms with Crippen LogP contribution in [0.5, 0.6) is 5.75 Å². The van der Waals surface area contributed by atoms with Crippen molar-refractivity contribution in [3.8, 4) is 16.9 Å². The Morgan fingerprint density at radius 3 is 2.53 bits per heavy atom. The molecule has 0 atom stereocenters. The van der Waals surface area contributed by atoms with Gasteiger partial charge in [0.05, 0.1) is 35.9 Å². The third-order valence-electron chi connectivity index (χ3n) is 5.93. The number of nitrogens with zero attached hydrogens (tertiary/aromatic N) is 4. The number of nitrogen functional groups attached to an aromatic ring is 1. The van der Waals surface area contributed by atoms with Crippen LogP contribution in [0.15, 0.2) is 30.6 Å². The molecule has 0 bridgehead atoms. The highest BCUT2D eigenvalue weighted by Gasteiger charge is 2.29. The van der Waals surface area contributed by atoms with E-state index in [1.807, 2.05) is 13.8 Å². The number of carbonyl (C=O) groups is 2. The molecule has 0 radical (unpaired) electrons. The lowest BCUT2D eigenvalue weighted by molar-refractivity contribution is -0.109. The van der Waals surface area contributed by atoms with E-state index in [1.165, 1.54) is 0 Å². The number of hydrogen-bond acceptors (Lipinski definition) is 9. The van der Waals surface area contributed by atoms with Gasteiger partial charge in [0.25, 0.3) is 5.91 Å². The molecule has 200 valence electrons. The number of rotatable bonds is 11. The maximum absolute atomic E-state index is 13.2. The predicted octanol–water partition coefficient (Wildman–Crippen LogP) is 3.55. The number of primary amides is 1. The van der Waals surface area contributed by atoms with Gasteiger partial charge in [-0.3, -0.25) is 9.59 Å². The highest BCUT2D eigenvalue weighted by molar-refractivity contribution is 6.07. The standard InChI is InChI=1S/C25H26FN7O3.C2H6/c1-33(13-21-30-11-16(26)12-31-21)19-5-4-15(9-20(19)36-7-6-34)22-17(10-27)24(28)32-18(8-14-2-3-14)23(22)25(29)35;1-2/h4-6,9-12,14,27H,2-3,7-8,13H2,1H3,(H2,28,32)(H2,29,35);1-2H3. The van der Waals surface area contributed by atoms with Crippen LogP contribution in [0.25, 0.3) is 11.1 Å². The van der Waals surface area contributed by atoms with Gasteiger partial charge in [0.15, 0.2) is 12.1 Å². The molecule has 0 unspecified atom stereocenters. The van der Waals surface area contributed by atoms with Gasteiger partial charge in [0, 0.05) is 24.4 Å². The van der Waals surface area contributed by atoms with Gasteiger partial charge in [-0.15, -0.1) is 0 Å². The van der Waals surface area contributed by atoms with Gasteiger partial charge in [-0.2, -0.15) is 0 Å². The van der Waals surface area contributed by atoms with Crippen LogP contribution in [0.3, 0.4) is 0 Å². The first-order valence-corrected chi connectivity index (χ1v) is 12.3. The van der Waals surface area contributed by atoms with E-state index in [4.69, 9.17) is 21.6 Å². The highest BCUT2D eigenvalue weighted by Crippen LogP contribution is 2.40. The first-order valence-electron chi connectivity index (χ1n) is 12.3. The molecule has 5 N–H and O–H groups in total. The minimum atomic E-state index is -0.665. The topological polar surface area (TPSA) is 161 Å². The molecule has 38 heavy (non-hydrogen) atoms. The molecule has 1 aliphatic carbocycles. The summed E-state index contributed by atoms with van der Waals surface area (Å²) in [5.74, 6) is 0.0789. The van der Waals surface area contributed by atoms with Crippen LogP contribution in [0, 0.1) is 17.1 Å². The maximum Gasteiger partial charge on any atom is 0.251 e. The summed E-state index contributed by atoms with van der Waals surface area (Å²) in [5.41, 5.74) is 14.5. The number of amides is 1. The average molecular weight is 522 g/mol. The van der Waals surface area contributed by atoms with Gasteiger partial charge in [-0.1, -0.05) is 19.9 Å². The van der Waals surface area contributed by atoms with Crippen LogP contribution in [-0.4, -0.2) is 47.0 Å². The maximum atomic E-state index is 13.2. The molecule has 0 spiro atoms. The average Bonchev–Trinajstić information content (AvgIpc) is 3.73. The summed E-state index contributed by atoms with van der Waals surface area (Å²) in [4.78, 5) is 37.8. The highest BCUT2D eigenvalue weighted by atomic mass is 19.1. The Morgan fingerprint density at radius 2 is 1.95 bits per heavy atom. The van der Waals surface area contributed by atoms with E-state index in [0.717, 1.165) is 31.4 Å². The Morgan fingerprint density at radius 1 is 1.26 bits per heavy atom. The minimum absolute atomic E-state index is 0.130. The Hall–Kier alpha value is -4.41. The van der Waals surface area contributed by atoms with Gasteiger partial charge in [-0.25, -0.2) is 19.3 Å². The fourth-order valence-electron chi connectivity index (χ4n) is 4.07. The molecule has 1 fully saturated rings. The second kappa shape index (κ2) is 12.7. The monoisotopic (exact) mass is 521 g/mol. The summed E-state index contributed by atoms with van der Waals surface area (Å²) in [5, 5.41) is 7.93. The summed E-state index contributed by atoms with van der Waals surface area (Å²) in [6.45, 7) is 4.03. The number of halogens is 1. The zero-order chi connectivity index (χ0) is 27.8. The van der Waals surface area contributed by atoms with E-state index in [2.05, 4.69) is 15.0 Å². The number of hydrogen-bond donors (Lipinski definition) is 3. The molecule has 2 aromatic heterocycles. The molecule has 3 aromatic rings. The third-order valence-corrected chi connectivity index (χ3v) is 5.93. The number of benzene rings is 1. The molecular weight excluding hydrogens is 489 g/mol. The molecule has 1 aromatic carbocycles. The number of pyridine rings is 1. The van der Waals surface area contributed by atoms with Gasteiger partial charge >= 0.3 is 0 Å². The van der Waals surface area contributed by atoms with Crippen molar-refractivity contribution in [2.24, 2.45) is 11.7 Å². The summed E-state index contributed by atoms with van der Waals surface area (Å²) in [7, 11) is 1.77. The lowest BCUT2D eigenvalue weighted by Gasteiger charge is -2.23. The fourth-order valence-corrected chi connectivity index (χ4v) is 4.07. The number of aromatic nitrogens is 3. The smallest absolute Gasteiger partial charge is 0.251 e. The van der Waals surface area contributed by atoms with Crippen molar-refractivity contribution < 1.29 is 18.7 Å². The van der Waals surface area contributed by atoms with Crippen molar-refractivity contribution >= 4 is 29.9 Å². The SMILES string of the molecule is CC.CN(Cc1ncc(F)cn1)c1ccc(-c2c(C=N)c(N)nc(CC3CC3)c2C(N)=O)cc1OCC=O. The number of aldehydes is 1. The lowest BCUT2D eigenvalue weighted by Crippen LogP contribution is -2.20. The Balaban J connectivity index is 0.00000195. The quantitative estimate of drug-likeness (QED) is 0.255. The third kappa shape index (κ3) is 6.47. The largest absolute Gasteiger partial charge is 0.484 e. The number of nitrogens with two attached hydrogens (primary N) is 2. The number of ether oxygens (including phenoxy) is 1. The van der Waals surface area contributed by atoms with Gasteiger partial charge in [-0.05, 0) is 42.9 Å². The Labute approximate surface area is 220 Å². The zero-order valence-electron chi connectivity index (χ0n) is 21.7. The molecule has 1 amide bonds. The van der Waals surface area contributed by atoms with Gasteiger partial charge in [0.2, 0.25) is 0 Å². The van der Waals surface area contributed by atoms with Crippen LogP contribution in [0.1, 0.15) is 54.1 Å². The molecule has 1 aliphatic rings. The zero-order valence-corrected chi connectivity index (χ0v) is 21.7.